The first-order valence-corrected chi connectivity index (χ1v) is 10.1. The van der Waals surface area contributed by atoms with Crippen molar-refractivity contribution in [1.29, 1.82) is 0 Å². The number of aromatic nitrogens is 2. The zero-order valence-electron chi connectivity index (χ0n) is 15.6. The second-order valence-corrected chi connectivity index (χ2v) is 8.92. The number of carbonyl (C=O) groups excluding carboxylic acids is 1. The maximum atomic E-state index is 12.4. The Morgan fingerprint density at radius 3 is 2.60 bits per heavy atom. The Hall–Kier alpha value is -1.45. The van der Waals surface area contributed by atoms with Gasteiger partial charge in [-0.05, 0) is 25.8 Å². The first kappa shape index (κ1) is 19.9. The van der Waals surface area contributed by atoms with Gasteiger partial charge in [0.1, 0.15) is 6.54 Å². The molecule has 1 aromatic heterocycles. The molecule has 0 radical (unpaired) electrons. The van der Waals surface area contributed by atoms with Crippen LogP contribution >= 0.6 is 0 Å². The summed E-state index contributed by atoms with van der Waals surface area (Å²) in [5, 5.41) is 7.32. The van der Waals surface area contributed by atoms with Crippen LogP contribution in [0.25, 0.3) is 0 Å². The number of amides is 1. The van der Waals surface area contributed by atoms with Gasteiger partial charge in [0, 0.05) is 25.7 Å². The average molecular weight is 372 g/mol. The van der Waals surface area contributed by atoms with Gasteiger partial charge in [0.25, 0.3) is 0 Å². The van der Waals surface area contributed by atoms with E-state index >= 15 is 0 Å². The molecule has 25 heavy (non-hydrogen) atoms. The third kappa shape index (κ3) is 4.59. The van der Waals surface area contributed by atoms with Crippen LogP contribution in [0.15, 0.2) is 0 Å². The number of hydrogen-bond acceptors (Lipinski definition) is 5. The fourth-order valence-electron chi connectivity index (χ4n) is 3.13. The van der Waals surface area contributed by atoms with Crippen LogP contribution in [0.5, 0.6) is 0 Å². The monoisotopic (exact) mass is 372 g/mol. The fraction of sp³-hybridized carbons (Fsp3) is 0.750. The lowest BCUT2D eigenvalue weighted by Gasteiger charge is -2.21. The summed E-state index contributed by atoms with van der Waals surface area (Å²) < 4.78 is 32.4. The standard InChI is InChI=1S/C16H28N4O4S/c1-6-14-11(2)18-20(12(14)3)7-16(21)17-15-9-24-8-13(15)10-25(22,23)19(4)5/h13,15H,6-10H2,1-5H3,(H,17,21)/t13-,15+/m0/s1. The summed E-state index contributed by atoms with van der Waals surface area (Å²) in [6.07, 6.45) is 0.875. The van der Waals surface area contributed by atoms with E-state index in [1.54, 1.807) is 4.68 Å². The summed E-state index contributed by atoms with van der Waals surface area (Å²) in [4.78, 5) is 12.4. The van der Waals surface area contributed by atoms with Crippen LogP contribution in [0.2, 0.25) is 0 Å². The number of rotatable bonds is 7. The summed E-state index contributed by atoms with van der Waals surface area (Å²) in [6.45, 7) is 6.74. The van der Waals surface area contributed by atoms with Gasteiger partial charge in [0.15, 0.2) is 0 Å². The van der Waals surface area contributed by atoms with E-state index in [1.165, 1.54) is 18.4 Å². The first-order valence-electron chi connectivity index (χ1n) is 8.45. The van der Waals surface area contributed by atoms with Gasteiger partial charge >= 0.3 is 0 Å². The van der Waals surface area contributed by atoms with Gasteiger partial charge in [0.2, 0.25) is 15.9 Å². The van der Waals surface area contributed by atoms with Gasteiger partial charge in [-0.15, -0.1) is 0 Å². The number of ether oxygens (including phenoxy) is 1. The molecule has 0 unspecified atom stereocenters. The highest BCUT2D eigenvalue weighted by Gasteiger charge is 2.34. The molecule has 0 saturated carbocycles. The molecule has 9 heteroatoms. The zero-order chi connectivity index (χ0) is 18.8. The van der Waals surface area contributed by atoms with E-state index in [0.717, 1.165) is 23.4 Å². The first-order chi connectivity index (χ1) is 11.7. The third-order valence-electron chi connectivity index (χ3n) is 4.70. The normalized spacial score (nSPS) is 21.0. The summed E-state index contributed by atoms with van der Waals surface area (Å²) in [5.41, 5.74) is 3.09. The van der Waals surface area contributed by atoms with E-state index in [4.69, 9.17) is 4.74 Å². The van der Waals surface area contributed by atoms with Crippen molar-refractivity contribution in [2.24, 2.45) is 5.92 Å². The van der Waals surface area contributed by atoms with Crippen molar-refractivity contribution in [2.45, 2.75) is 39.8 Å². The lowest BCUT2D eigenvalue weighted by molar-refractivity contribution is -0.122. The lowest BCUT2D eigenvalue weighted by Crippen LogP contribution is -2.44. The summed E-state index contributed by atoms with van der Waals surface area (Å²) >= 11 is 0. The Morgan fingerprint density at radius 1 is 1.36 bits per heavy atom. The number of sulfonamides is 1. The van der Waals surface area contributed by atoms with Gasteiger partial charge < -0.3 is 10.1 Å². The molecule has 1 amide bonds. The van der Waals surface area contributed by atoms with Crippen LogP contribution in [0, 0.1) is 19.8 Å². The largest absolute Gasteiger partial charge is 0.379 e. The molecule has 2 heterocycles. The van der Waals surface area contributed by atoms with Crippen molar-refractivity contribution in [1.82, 2.24) is 19.4 Å². The second-order valence-electron chi connectivity index (χ2n) is 6.69. The van der Waals surface area contributed by atoms with Crippen molar-refractivity contribution in [2.75, 3.05) is 33.1 Å². The van der Waals surface area contributed by atoms with Crippen LogP contribution in [0.1, 0.15) is 23.9 Å². The Morgan fingerprint density at radius 2 is 2.04 bits per heavy atom. The van der Waals surface area contributed by atoms with E-state index in [9.17, 15) is 13.2 Å². The molecule has 0 bridgehead atoms. The highest BCUT2D eigenvalue weighted by Crippen LogP contribution is 2.18. The number of aryl methyl sites for hydroxylation is 1. The van der Waals surface area contributed by atoms with E-state index in [2.05, 4.69) is 17.3 Å². The van der Waals surface area contributed by atoms with Crippen LogP contribution in [-0.2, 0) is 32.5 Å². The van der Waals surface area contributed by atoms with E-state index in [-0.39, 0.29) is 30.2 Å². The van der Waals surface area contributed by atoms with Gasteiger partial charge in [0.05, 0.1) is 30.7 Å². The number of carbonyl (C=O) groups is 1. The molecule has 0 aromatic carbocycles. The van der Waals surface area contributed by atoms with Crippen LogP contribution in [0.3, 0.4) is 0 Å². The second kappa shape index (κ2) is 7.84. The number of nitrogens with zero attached hydrogens (tertiary/aromatic N) is 3. The Labute approximate surface area is 149 Å². The molecule has 8 nitrogen and oxygen atoms in total. The maximum absolute atomic E-state index is 12.4. The van der Waals surface area contributed by atoms with E-state index in [0.29, 0.717) is 13.2 Å². The minimum Gasteiger partial charge on any atom is -0.379 e. The average Bonchev–Trinajstić information content (AvgIpc) is 3.03. The van der Waals surface area contributed by atoms with E-state index < -0.39 is 10.0 Å². The Kier molecular flexibility index (Phi) is 6.23. The fourth-order valence-corrected chi connectivity index (χ4v) is 4.30. The van der Waals surface area contributed by atoms with Crippen molar-refractivity contribution >= 4 is 15.9 Å². The zero-order valence-corrected chi connectivity index (χ0v) is 16.4. The molecule has 2 atom stereocenters. The van der Waals surface area contributed by atoms with Crippen molar-refractivity contribution in [3.63, 3.8) is 0 Å². The molecule has 0 aliphatic carbocycles. The van der Waals surface area contributed by atoms with Gasteiger partial charge in [-0.25, -0.2) is 12.7 Å². The van der Waals surface area contributed by atoms with Crippen molar-refractivity contribution in [3.8, 4) is 0 Å². The minimum atomic E-state index is -3.34. The highest BCUT2D eigenvalue weighted by atomic mass is 32.2. The molecule has 1 aromatic rings. The molecule has 1 N–H and O–H groups in total. The predicted molar refractivity (Wildman–Crippen MR) is 94.8 cm³/mol. The van der Waals surface area contributed by atoms with Crippen LogP contribution in [0.4, 0.5) is 0 Å². The summed E-state index contributed by atoms with van der Waals surface area (Å²) in [6, 6.07) is -0.301. The third-order valence-corrected chi connectivity index (χ3v) is 6.67. The molecule has 1 aliphatic rings. The molecule has 1 aliphatic heterocycles. The summed E-state index contributed by atoms with van der Waals surface area (Å²) in [7, 11) is -0.324. The number of hydrogen-bond donors (Lipinski definition) is 1. The van der Waals surface area contributed by atoms with E-state index in [1.807, 2.05) is 13.8 Å². The molecule has 142 valence electrons. The van der Waals surface area contributed by atoms with Crippen molar-refractivity contribution < 1.29 is 17.9 Å². The molecule has 2 rings (SSSR count). The lowest BCUT2D eigenvalue weighted by atomic mass is 10.1. The molecular weight excluding hydrogens is 344 g/mol. The topological polar surface area (TPSA) is 93.5 Å². The molecule has 0 spiro atoms. The van der Waals surface area contributed by atoms with Gasteiger partial charge in [-0.3, -0.25) is 9.48 Å². The maximum Gasteiger partial charge on any atom is 0.242 e. The highest BCUT2D eigenvalue weighted by molar-refractivity contribution is 7.89. The number of nitrogens with one attached hydrogen (secondary N) is 1. The Balaban J connectivity index is 2.00. The predicted octanol–water partition coefficient (Wildman–Crippen LogP) is 0.0849. The molecular formula is C16H28N4O4S. The van der Waals surface area contributed by atoms with Crippen molar-refractivity contribution in [3.05, 3.63) is 17.0 Å². The molecule has 1 fully saturated rings. The summed E-state index contributed by atoms with van der Waals surface area (Å²) in [5.74, 6) is -0.468. The SMILES string of the molecule is CCc1c(C)nn(CC(=O)N[C@@H]2COC[C@H]2CS(=O)(=O)N(C)C)c1C. The minimum absolute atomic E-state index is 0.0369. The van der Waals surface area contributed by atoms with Gasteiger partial charge in [-0.2, -0.15) is 5.10 Å². The molecule has 1 saturated heterocycles. The van der Waals surface area contributed by atoms with Gasteiger partial charge in [-0.1, -0.05) is 6.92 Å². The quantitative estimate of drug-likeness (QED) is 0.732. The van der Waals surface area contributed by atoms with Crippen LogP contribution in [-0.4, -0.2) is 67.5 Å². The van der Waals surface area contributed by atoms with Crippen LogP contribution < -0.4 is 5.32 Å². The smallest absolute Gasteiger partial charge is 0.242 e. The Bertz CT molecular complexity index is 727.